The summed E-state index contributed by atoms with van der Waals surface area (Å²) in [6.45, 7) is 17.1. The molecule has 1 saturated heterocycles. The van der Waals surface area contributed by atoms with E-state index in [-0.39, 0.29) is 5.91 Å². The van der Waals surface area contributed by atoms with Gasteiger partial charge in [0.15, 0.2) is 0 Å². The van der Waals surface area contributed by atoms with E-state index in [2.05, 4.69) is 70.7 Å². The molecule has 1 aliphatic rings. The predicted molar refractivity (Wildman–Crippen MR) is 176 cm³/mol. The van der Waals surface area contributed by atoms with Crippen LogP contribution in [0.4, 0.5) is 17.3 Å². The molecule has 0 bridgehead atoms. The quantitative estimate of drug-likeness (QED) is 0.131. The van der Waals surface area contributed by atoms with Gasteiger partial charge in [-0.2, -0.15) is 0 Å². The largest absolute Gasteiger partial charge is 0.493 e. The Morgan fingerprint density at radius 3 is 2.67 bits per heavy atom. The predicted octanol–water partition coefficient (Wildman–Crippen LogP) is 5.43. The van der Waals surface area contributed by atoms with Gasteiger partial charge in [-0.3, -0.25) is 9.69 Å². The first-order valence-corrected chi connectivity index (χ1v) is 15.1. The molecule has 3 aromatic rings. The molecule has 0 saturated carbocycles. The normalized spacial score (nSPS) is 13.5. The highest BCUT2D eigenvalue weighted by Gasteiger charge is 2.18. The van der Waals surface area contributed by atoms with Crippen LogP contribution in [0, 0.1) is 0 Å². The summed E-state index contributed by atoms with van der Waals surface area (Å²) in [5.41, 5.74) is 5.00. The third-order valence-electron chi connectivity index (χ3n) is 7.46. The molecule has 1 fully saturated rings. The number of aromatic nitrogens is 2. The fraction of sp³-hybridized carbons (Fsp3) is 0.382. The highest BCUT2D eigenvalue weighted by atomic mass is 16.5. The van der Waals surface area contributed by atoms with Crippen LogP contribution in [0.1, 0.15) is 25.3 Å². The van der Waals surface area contributed by atoms with Crippen molar-refractivity contribution in [2.75, 3.05) is 70.1 Å². The molecule has 2 aromatic carbocycles. The van der Waals surface area contributed by atoms with Crippen molar-refractivity contribution >= 4 is 23.2 Å². The van der Waals surface area contributed by atoms with E-state index in [9.17, 15) is 4.79 Å². The average Bonchev–Trinajstić information content (AvgIpc) is 3.03. The lowest BCUT2D eigenvalue weighted by Gasteiger charge is -2.34. The smallest absolute Gasteiger partial charge is 0.246 e. The molecule has 0 unspecified atom stereocenters. The Hall–Kier alpha value is -4.21. The molecule has 9 heteroatoms. The molecule has 43 heavy (non-hydrogen) atoms. The van der Waals surface area contributed by atoms with Crippen LogP contribution in [0.5, 0.6) is 5.75 Å². The summed E-state index contributed by atoms with van der Waals surface area (Å²) in [7, 11) is 2.12. The molecule has 0 spiro atoms. The van der Waals surface area contributed by atoms with Gasteiger partial charge in [0.1, 0.15) is 5.75 Å². The molecule has 4 rings (SSSR count). The first-order chi connectivity index (χ1) is 21.0. The van der Waals surface area contributed by atoms with Gasteiger partial charge in [-0.15, -0.1) is 6.58 Å². The van der Waals surface area contributed by atoms with E-state index in [1.54, 1.807) is 6.20 Å². The molecule has 1 aliphatic heterocycles. The minimum absolute atomic E-state index is 0.0233. The highest BCUT2D eigenvalue weighted by Crippen LogP contribution is 2.26. The maximum absolute atomic E-state index is 11.8. The van der Waals surface area contributed by atoms with Gasteiger partial charge in [0.2, 0.25) is 11.9 Å². The van der Waals surface area contributed by atoms with Crippen LogP contribution in [-0.2, 0) is 11.3 Å². The summed E-state index contributed by atoms with van der Waals surface area (Å²) < 4.78 is 5.83. The molecular formula is C34H45N7O2. The van der Waals surface area contributed by atoms with Crippen molar-refractivity contribution in [2.45, 2.75) is 26.3 Å². The summed E-state index contributed by atoms with van der Waals surface area (Å²) >= 11 is 0. The number of carbonyl (C=O) groups excluding carboxylic acids is 1. The zero-order valence-corrected chi connectivity index (χ0v) is 25.6. The SMILES string of the molecule is C=CCCOc1cccc(-c2ccnc(Nc3cc(CN(C)CC)cc(NCCCN4CCN(C(=O)C=C)CC4)c3)n2)c1. The monoisotopic (exact) mass is 583 g/mol. The number of nitrogens with one attached hydrogen (secondary N) is 2. The Labute approximate surface area is 256 Å². The number of piperazine rings is 1. The number of benzene rings is 2. The molecule has 2 N–H and O–H groups in total. The summed E-state index contributed by atoms with van der Waals surface area (Å²) in [6.07, 6.45) is 6.84. The third kappa shape index (κ3) is 9.94. The molecular weight excluding hydrogens is 538 g/mol. The summed E-state index contributed by atoms with van der Waals surface area (Å²) in [5, 5.41) is 7.05. The van der Waals surface area contributed by atoms with Crippen molar-refractivity contribution in [1.29, 1.82) is 0 Å². The lowest BCUT2D eigenvalue weighted by molar-refractivity contribution is -0.127. The van der Waals surface area contributed by atoms with E-state index >= 15 is 0 Å². The first-order valence-electron chi connectivity index (χ1n) is 15.1. The molecule has 2 heterocycles. The highest BCUT2D eigenvalue weighted by molar-refractivity contribution is 5.87. The molecule has 0 atom stereocenters. The maximum atomic E-state index is 11.8. The van der Waals surface area contributed by atoms with Gasteiger partial charge >= 0.3 is 0 Å². The van der Waals surface area contributed by atoms with Crippen molar-refractivity contribution in [2.24, 2.45) is 0 Å². The van der Waals surface area contributed by atoms with Gasteiger partial charge in [0.25, 0.3) is 0 Å². The molecule has 0 aliphatic carbocycles. The topological polar surface area (TPSA) is 85.9 Å². The number of amides is 1. The van der Waals surface area contributed by atoms with Crippen LogP contribution < -0.4 is 15.4 Å². The van der Waals surface area contributed by atoms with Crippen LogP contribution in [-0.4, -0.2) is 90.0 Å². The first kappa shape index (κ1) is 31.7. The van der Waals surface area contributed by atoms with Gasteiger partial charge < -0.3 is 25.2 Å². The van der Waals surface area contributed by atoms with Crippen molar-refractivity contribution in [3.05, 3.63) is 85.6 Å². The minimum Gasteiger partial charge on any atom is -0.493 e. The van der Waals surface area contributed by atoms with Crippen molar-refractivity contribution < 1.29 is 9.53 Å². The Balaban J connectivity index is 1.39. The van der Waals surface area contributed by atoms with Crippen molar-refractivity contribution in [1.82, 2.24) is 24.7 Å². The number of nitrogens with zero attached hydrogens (tertiary/aromatic N) is 5. The number of anilines is 3. The second kappa shape index (κ2) is 16.4. The number of rotatable bonds is 16. The van der Waals surface area contributed by atoms with E-state index in [0.29, 0.717) is 12.6 Å². The molecule has 0 radical (unpaired) electrons. The van der Waals surface area contributed by atoms with E-state index in [1.165, 1.54) is 11.6 Å². The van der Waals surface area contributed by atoms with Crippen LogP contribution in [0.15, 0.2) is 80.0 Å². The second-order valence-corrected chi connectivity index (χ2v) is 10.7. The number of hydrogen-bond donors (Lipinski definition) is 2. The number of ether oxygens (including phenoxy) is 1. The summed E-state index contributed by atoms with van der Waals surface area (Å²) in [5.74, 6) is 1.37. The Bertz CT molecular complexity index is 1350. The van der Waals surface area contributed by atoms with Gasteiger partial charge in [0.05, 0.1) is 12.3 Å². The lowest BCUT2D eigenvalue weighted by Crippen LogP contribution is -2.48. The average molecular weight is 584 g/mol. The van der Waals surface area contributed by atoms with Gasteiger partial charge in [0, 0.05) is 62.4 Å². The van der Waals surface area contributed by atoms with E-state index < -0.39 is 0 Å². The number of hydrogen-bond acceptors (Lipinski definition) is 8. The molecule has 1 amide bonds. The standard InChI is InChI=1S/C34H45N7O2/c1-5-8-21-43-31-12-9-11-28(24-31)32-13-15-36-34(38-32)37-30-23-27(26-39(4)7-3)22-29(25-30)35-14-10-16-40-17-19-41(20-18-40)33(42)6-2/h5-6,9,11-13,15,22-25,35H,1-2,7-8,10,14,16-21,26H2,3-4H3,(H,36,37,38). The van der Waals surface area contributed by atoms with Crippen LogP contribution in [0.25, 0.3) is 11.3 Å². The van der Waals surface area contributed by atoms with E-state index in [4.69, 9.17) is 9.72 Å². The summed E-state index contributed by atoms with van der Waals surface area (Å²) in [6, 6.07) is 16.3. The van der Waals surface area contributed by atoms with Gasteiger partial charge in [-0.05, 0) is 81.0 Å². The Kier molecular flexibility index (Phi) is 12.1. The van der Waals surface area contributed by atoms with Gasteiger partial charge in [-0.25, -0.2) is 9.97 Å². The molecule has 1 aromatic heterocycles. The fourth-order valence-corrected chi connectivity index (χ4v) is 4.95. The van der Waals surface area contributed by atoms with Crippen molar-refractivity contribution in [3.8, 4) is 17.0 Å². The Morgan fingerprint density at radius 2 is 1.91 bits per heavy atom. The third-order valence-corrected chi connectivity index (χ3v) is 7.46. The zero-order valence-electron chi connectivity index (χ0n) is 25.6. The number of carbonyl (C=O) groups is 1. The zero-order chi connectivity index (χ0) is 30.4. The maximum Gasteiger partial charge on any atom is 0.246 e. The lowest BCUT2D eigenvalue weighted by atomic mass is 10.1. The van der Waals surface area contributed by atoms with Crippen molar-refractivity contribution in [3.63, 3.8) is 0 Å². The van der Waals surface area contributed by atoms with Gasteiger partial charge in [-0.1, -0.05) is 31.7 Å². The molecule has 228 valence electrons. The molecule has 9 nitrogen and oxygen atoms in total. The van der Waals surface area contributed by atoms with Crippen LogP contribution >= 0.6 is 0 Å². The van der Waals surface area contributed by atoms with Crippen LogP contribution in [0.3, 0.4) is 0 Å². The Morgan fingerprint density at radius 1 is 1.09 bits per heavy atom. The summed E-state index contributed by atoms with van der Waals surface area (Å²) in [4.78, 5) is 27.7. The minimum atomic E-state index is 0.0233. The van der Waals surface area contributed by atoms with E-state index in [1.807, 2.05) is 41.3 Å². The second-order valence-electron chi connectivity index (χ2n) is 10.7. The van der Waals surface area contributed by atoms with Crippen LogP contribution in [0.2, 0.25) is 0 Å². The van der Waals surface area contributed by atoms with E-state index in [0.717, 1.165) is 93.6 Å². The fourth-order valence-electron chi connectivity index (χ4n) is 4.95.